The van der Waals surface area contributed by atoms with Crippen LogP contribution in [-0.4, -0.2) is 17.9 Å². The highest BCUT2D eigenvalue weighted by atomic mass is 19.1. The Kier molecular flexibility index (Phi) is 5.52. The van der Waals surface area contributed by atoms with Gasteiger partial charge in [-0.2, -0.15) is 0 Å². The first-order valence-electron chi connectivity index (χ1n) is 10.0. The van der Waals surface area contributed by atoms with Crippen molar-refractivity contribution in [3.8, 4) is 11.1 Å². The third-order valence-electron chi connectivity index (χ3n) is 5.50. The van der Waals surface area contributed by atoms with Gasteiger partial charge in [-0.05, 0) is 42.7 Å². The summed E-state index contributed by atoms with van der Waals surface area (Å²) in [4.78, 5) is 35.9. The number of carbonyl (C=O) groups excluding carboxylic acids is 2. The molecule has 4 aromatic rings. The fourth-order valence-corrected chi connectivity index (χ4v) is 3.70. The van der Waals surface area contributed by atoms with Crippen molar-refractivity contribution >= 4 is 33.8 Å². The van der Waals surface area contributed by atoms with E-state index in [2.05, 4.69) is 5.32 Å². The Balaban J connectivity index is 1.77. The Hall–Kier alpha value is -3.94. The predicted octanol–water partition coefficient (Wildman–Crippen LogP) is 2.84. The maximum atomic E-state index is 13.3. The van der Waals surface area contributed by atoms with E-state index in [0.29, 0.717) is 22.1 Å². The van der Waals surface area contributed by atoms with Crippen molar-refractivity contribution < 1.29 is 27.9 Å². The van der Waals surface area contributed by atoms with Crippen molar-refractivity contribution in [1.29, 1.82) is 0 Å². The van der Waals surface area contributed by atoms with E-state index >= 15 is 0 Å². The van der Waals surface area contributed by atoms with Gasteiger partial charge < -0.3 is 24.1 Å². The van der Waals surface area contributed by atoms with E-state index in [1.807, 2.05) is 0 Å². The van der Waals surface area contributed by atoms with Crippen LogP contribution >= 0.6 is 0 Å². The number of aliphatic carboxylic acids is 1. The van der Waals surface area contributed by atoms with Crippen LogP contribution in [0.5, 0.6) is 0 Å². The van der Waals surface area contributed by atoms with Gasteiger partial charge in [-0.3, -0.25) is 4.79 Å². The first-order chi connectivity index (χ1) is 15.3. The molecule has 7 nitrogen and oxygen atoms in total. The minimum atomic E-state index is -1.39. The minimum absolute atomic E-state index is 0.134. The maximum Gasteiger partial charge on any atom is 0.340 e. The van der Waals surface area contributed by atoms with E-state index in [4.69, 9.17) is 8.83 Å². The molecule has 0 aliphatic carbocycles. The van der Waals surface area contributed by atoms with Crippen molar-refractivity contribution in [2.24, 2.45) is 0 Å². The molecule has 0 aliphatic rings. The lowest BCUT2D eigenvalue weighted by molar-refractivity contribution is -0.308. The predicted molar refractivity (Wildman–Crippen MR) is 113 cm³/mol. The Morgan fingerprint density at radius 1 is 1.12 bits per heavy atom. The fourth-order valence-electron chi connectivity index (χ4n) is 3.70. The normalized spacial score (nSPS) is 12.2. The van der Waals surface area contributed by atoms with Gasteiger partial charge in [0.25, 0.3) is 0 Å². The van der Waals surface area contributed by atoms with Crippen LogP contribution in [0.4, 0.5) is 4.39 Å². The molecule has 2 aromatic carbocycles. The highest BCUT2D eigenvalue weighted by Gasteiger charge is 2.19. The molecule has 8 heteroatoms. The molecule has 32 heavy (non-hydrogen) atoms. The number of hydrogen-bond donors (Lipinski definition) is 1. The number of nitrogens with one attached hydrogen (secondary N) is 1. The molecule has 2 aromatic heterocycles. The highest BCUT2D eigenvalue weighted by molar-refractivity contribution is 6.02. The molecule has 0 unspecified atom stereocenters. The molecule has 0 bridgehead atoms. The smallest absolute Gasteiger partial charge is 0.340 e. The highest BCUT2D eigenvalue weighted by Crippen LogP contribution is 2.34. The summed E-state index contributed by atoms with van der Waals surface area (Å²) in [6.45, 7) is 3.30. The zero-order chi connectivity index (χ0) is 23.0. The molecule has 0 radical (unpaired) electrons. The minimum Gasteiger partial charge on any atom is -0.548 e. The number of fused-ring (bicyclic) bond motifs is 2. The van der Waals surface area contributed by atoms with Crippen molar-refractivity contribution in [2.45, 2.75) is 32.7 Å². The molecule has 0 saturated heterocycles. The molecule has 0 saturated carbocycles. The number of rotatable bonds is 6. The van der Waals surface area contributed by atoms with Crippen molar-refractivity contribution in [2.75, 3.05) is 0 Å². The van der Waals surface area contributed by atoms with Gasteiger partial charge in [-0.1, -0.05) is 19.1 Å². The molecule has 0 aliphatic heterocycles. The number of carboxylic acid groups (broad SMARTS) is 1. The molecule has 164 valence electrons. The maximum absolute atomic E-state index is 13.3. The summed E-state index contributed by atoms with van der Waals surface area (Å²) < 4.78 is 24.3. The van der Waals surface area contributed by atoms with Gasteiger partial charge in [0.1, 0.15) is 17.0 Å². The quantitative estimate of drug-likeness (QED) is 0.465. The van der Waals surface area contributed by atoms with Crippen LogP contribution in [0.1, 0.15) is 24.5 Å². The van der Waals surface area contributed by atoms with Crippen LogP contribution in [0.15, 0.2) is 56.3 Å². The second kappa shape index (κ2) is 8.30. The summed E-state index contributed by atoms with van der Waals surface area (Å²) in [6, 6.07) is 8.23. The number of carbonyl (C=O) groups is 2. The number of furan rings is 1. The van der Waals surface area contributed by atoms with Crippen LogP contribution in [0.3, 0.4) is 0 Å². The summed E-state index contributed by atoms with van der Waals surface area (Å²) in [7, 11) is 0. The Morgan fingerprint density at radius 3 is 2.50 bits per heavy atom. The Morgan fingerprint density at radius 2 is 1.84 bits per heavy atom. The first-order valence-corrected chi connectivity index (χ1v) is 10.0. The van der Waals surface area contributed by atoms with E-state index in [1.54, 1.807) is 44.4 Å². The van der Waals surface area contributed by atoms with Crippen LogP contribution < -0.4 is 16.0 Å². The third-order valence-corrected chi connectivity index (χ3v) is 5.50. The molecular weight excluding hydrogens is 417 g/mol. The zero-order valence-corrected chi connectivity index (χ0v) is 17.4. The second-order valence-corrected chi connectivity index (χ2v) is 7.52. The molecule has 4 rings (SSSR count). The molecule has 1 atom stereocenters. The molecule has 1 amide bonds. The van der Waals surface area contributed by atoms with Gasteiger partial charge in [0.15, 0.2) is 0 Å². The monoisotopic (exact) mass is 436 g/mol. The van der Waals surface area contributed by atoms with E-state index in [9.17, 15) is 23.9 Å². The third kappa shape index (κ3) is 3.87. The Bertz CT molecular complexity index is 1400. The average molecular weight is 436 g/mol. The number of benzene rings is 2. The second-order valence-electron chi connectivity index (χ2n) is 7.52. The molecule has 1 N–H and O–H groups in total. The average Bonchev–Trinajstić information content (AvgIpc) is 3.17. The van der Waals surface area contributed by atoms with Crippen LogP contribution in [0.2, 0.25) is 0 Å². The zero-order valence-electron chi connectivity index (χ0n) is 17.4. The van der Waals surface area contributed by atoms with E-state index < -0.39 is 23.5 Å². The lowest BCUT2D eigenvalue weighted by Crippen LogP contribution is -2.48. The van der Waals surface area contributed by atoms with Crippen molar-refractivity contribution in [3.05, 3.63) is 70.0 Å². The SMILES string of the molecule is CC[C@H](NC(=O)Cc1c(C)c2cc3c(-c4ccc(F)cc4)coc3cc2oc1=O)C(=O)[O-]. The van der Waals surface area contributed by atoms with Gasteiger partial charge in [0.05, 0.1) is 30.3 Å². The van der Waals surface area contributed by atoms with E-state index in [-0.39, 0.29) is 24.2 Å². The molecule has 0 fully saturated rings. The Labute approximate surface area is 181 Å². The summed E-state index contributed by atoms with van der Waals surface area (Å²) in [6.07, 6.45) is 1.37. The summed E-state index contributed by atoms with van der Waals surface area (Å²) in [5.74, 6) is -2.36. The molecular formula is C24H19FNO6-. The summed E-state index contributed by atoms with van der Waals surface area (Å²) in [5.41, 5.74) is 2.28. The first kappa shape index (κ1) is 21.3. The number of aryl methyl sites for hydroxylation is 1. The van der Waals surface area contributed by atoms with E-state index in [1.165, 1.54) is 12.1 Å². The van der Waals surface area contributed by atoms with Gasteiger partial charge in [0, 0.05) is 22.4 Å². The number of hydrogen-bond acceptors (Lipinski definition) is 6. The summed E-state index contributed by atoms with van der Waals surface area (Å²) in [5, 5.41) is 14.8. The lowest BCUT2D eigenvalue weighted by Gasteiger charge is -2.18. The van der Waals surface area contributed by atoms with Crippen molar-refractivity contribution in [3.63, 3.8) is 0 Å². The van der Waals surface area contributed by atoms with E-state index in [0.717, 1.165) is 16.5 Å². The topological polar surface area (TPSA) is 113 Å². The van der Waals surface area contributed by atoms with Crippen LogP contribution in [0, 0.1) is 12.7 Å². The van der Waals surface area contributed by atoms with Crippen LogP contribution in [-0.2, 0) is 16.0 Å². The molecule has 0 spiro atoms. The van der Waals surface area contributed by atoms with Crippen LogP contribution in [0.25, 0.3) is 33.1 Å². The summed E-state index contributed by atoms with van der Waals surface area (Å²) >= 11 is 0. The van der Waals surface area contributed by atoms with Gasteiger partial charge >= 0.3 is 5.63 Å². The van der Waals surface area contributed by atoms with Gasteiger partial charge in [-0.25, -0.2) is 9.18 Å². The van der Waals surface area contributed by atoms with Crippen molar-refractivity contribution in [1.82, 2.24) is 5.32 Å². The lowest BCUT2D eigenvalue weighted by atomic mass is 9.99. The van der Waals surface area contributed by atoms with Gasteiger partial charge in [0.2, 0.25) is 5.91 Å². The number of carboxylic acids is 1. The standard InChI is InChI=1S/C24H20FNO6/c1-3-19(23(28)29)26-22(27)9-16-12(2)15-8-17-18(13-4-6-14(25)7-5-13)11-31-20(17)10-21(15)32-24(16)30/h4-8,10-11,19H,3,9H2,1-2H3,(H,26,27)(H,28,29)/p-1/t19-/m0/s1. The number of halogens is 1. The fraction of sp³-hybridized carbons (Fsp3) is 0.208. The largest absolute Gasteiger partial charge is 0.548 e. The number of amides is 1. The van der Waals surface area contributed by atoms with Gasteiger partial charge in [-0.15, -0.1) is 0 Å². The molecule has 2 heterocycles.